The van der Waals surface area contributed by atoms with Crippen LogP contribution in [0.2, 0.25) is 0 Å². The van der Waals surface area contributed by atoms with Gasteiger partial charge in [-0.1, -0.05) is 28.8 Å². The maximum absolute atomic E-state index is 13.0. The Kier molecular flexibility index (Phi) is 2.88. The van der Waals surface area contributed by atoms with Crippen molar-refractivity contribution in [1.82, 2.24) is 0 Å². The second kappa shape index (κ2) is 3.99. The third kappa shape index (κ3) is 2.55. The van der Waals surface area contributed by atoms with E-state index in [1.807, 2.05) is 0 Å². The number of aliphatic hydroxyl groups excluding tert-OH is 1. The maximum Gasteiger partial charge on any atom is 0.124 e. The Morgan fingerprint density at radius 2 is 2.14 bits per heavy atom. The van der Waals surface area contributed by atoms with Gasteiger partial charge >= 0.3 is 0 Å². The Morgan fingerprint density at radius 1 is 1.43 bits per heavy atom. The molecule has 1 aliphatic rings. The zero-order valence-corrected chi connectivity index (χ0v) is 9.30. The Bertz CT molecular complexity index is 316. The quantitative estimate of drug-likeness (QED) is 0.881. The molecule has 0 heterocycles. The highest BCUT2D eigenvalue weighted by atomic mass is 79.9. The number of halogens is 2. The Balaban J connectivity index is 2.12. The van der Waals surface area contributed by atoms with Gasteiger partial charge in [0.2, 0.25) is 0 Å². The normalized spacial score (nSPS) is 18.2. The molecule has 2 rings (SSSR count). The van der Waals surface area contributed by atoms with E-state index < -0.39 is 6.10 Å². The Hall–Kier alpha value is -0.410. The second-order valence-corrected chi connectivity index (χ2v) is 4.81. The molecule has 0 aromatic heterocycles. The van der Waals surface area contributed by atoms with E-state index >= 15 is 0 Å². The van der Waals surface area contributed by atoms with Crippen molar-refractivity contribution >= 4 is 15.9 Å². The molecular formula is C11H12BrFO. The molecule has 14 heavy (non-hydrogen) atoms. The van der Waals surface area contributed by atoms with Crippen LogP contribution in [0.15, 0.2) is 22.7 Å². The number of rotatable bonds is 3. The lowest BCUT2D eigenvalue weighted by atomic mass is 10.0. The average molecular weight is 259 g/mol. The second-order valence-electron chi connectivity index (χ2n) is 3.90. The van der Waals surface area contributed by atoms with Crippen LogP contribution >= 0.6 is 15.9 Å². The minimum absolute atomic E-state index is 0.302. The Labute approximate surface area is 91.1 Å². The first-order valence-corrected chi connectivity index (χ1v) is 5.58. The number of hydrogen-bond donors (Lipinski definition) is 1. The van der Waals surface area contributed by atoms with Gasteiger partial charge in [-0.2, -0.15) is 0 Å². The molecule has 0 bridgehead atoms. The fourth-order valence-corrected chi connectivity index (χ4v) is 2.06. The first-order chi connectivity index (χ1) is 6.65. The van der Waals surface area contributed by atoms with E-state index in [2.05, 4.69) is 15.9 Å². The van der Waals surface area contributed by atoms with Gasteiger partial charge in [-0.3, -0.25) is 0 Å². The largest absolute Gasteiger partial charge is 0.388 e. The van der Waals surface area contributed by atoms with Gasteiger partial charge < -0.3 is 5.11 Å². The predicted molar refractivity (Wildman–Crippen MR) is 56.4 cm³/mol. The summed E-state index contributed by atoms with van der Waals surface area (Å²) in [6.07, 6.45) is 2.64. The lowest BCUT2D eigenvalue weighted by molar-refractivity contribution is 0.160. The molecule has 1 aliphatic carbocycles. The minimum Gasteiger partial charge on any atom is -0.388 e. The summed E-state index contributed by atoms with van der Waals surface area (Å²) in [5, 5.41) is 9.79. The fraction of sp³-hybridized carbons (Fsp3) is 0.455. The molecular weight excluding hydrogens is 247 g/mol. The smallest absolute Gasteiger partial charge is 0.124 e. The highest BCUT2D eigenvalue weighted by molar-refractivity contribution is 9.10. The standard InChI is InChI=1S/C11H12BrFO/c12-9-4-8(5-10(13)6-9)11(14)3-7-1-2-7/h4-7,11,14H,1-3H2. The van der Waals surface area contributed by atoms with Crippen LogP contribution in [-0.4, -0.2) is 5.11 Å². The summed E-state index contributed by atoms with van der Waals surface area (Å²) in [5.41, 5.74) is 0.670. The molecule has 0 radical (unpaired) electrons. The van der Waals surface area contributed by atoms with Gasteiger partial charge in [-0.15, -0.1) is 0 Å². The summed E-state index contributed by atoms with van der Waals surface area (Å²) < 4.78 is 13.7. The SMILES string of the molecule is OC(CC1CC1)c1cc(F)cc(Br)c1. The molecule has 1 nitrogen and oxygen atoms in total. The summed E-state index contributed by atoms with van der Waals surface area (Å²) in [5.74, 6) is 0.344. The van der Waals surface area contributed by atoms with Crippen LogP contribution in [0.25, 0.3) is 0 Å². The molecule has 1 fully saturated rings. The van der Waals surface area contributed by atoms with Gasteiger partial charge in [0.15, 0.2) is 0 Å². The Morgan fingerprint density at radius 3 is 2.71 bits per heavy atom. The molecule has 3 heteroatoms. The zero-order valence-electron chi connectivity index (χ0n) is 7.71. The zero-order chi connectivity index (χ0) is 10.1. The monoisotopic (exact) mass is 258 g/mol. The molecule has 1 N–H and O–H groups in total. The highest BCUT2D eigenvalue weighted by Crippen LogP contribution is 2.38. The molecule has 1 saturated carbocycles. The van der Waals surface area contributed by atoms with Gasteiger partial charge in [0, 0.05) is 4.47 Å². The van der Waals surface area contributed by atoms with Crippen LogP contribution in [0.4, 0.5) is 4.39 Å². The fourth-order valence-electron chi connectivity index (χ4n) is 1.57. The average Bonchev–Trinajstić information content (AvgIpc) is 2.86. The lowest BCUT2D eigenvalue weighted by Gasteiger charge is -2.10. The third-order valence-corrected chi connectivity index (χ3v) is 2.98. The molecule has 0 amide bonds. The van der Waals surface area contributed by atoms with Gasteiger partial charge in [0.25, 0.3) is 0 Å². The number of hydrogen-bond acceptors (Lipinski definition) is 1. The first kappa shape index (κ1) is 10.1. The minimum atomic E-state index is -0.519. The van der Waals surface area contributed by atoms with Crippen LogP contribution in [0.3, 0.4) is 0 Å². The van der Waals surface area contributed by atoms with Crippen LogP contribution in [0.5, 0.6) is 0 Å². The van der Waals surface area contributed by atoms with Crippen molar-refractivity contribution in [3.8, 4) is 0 Å². The topological polar surface area (TPSA) is 20.2 Å². The summed E-state index contributed by atoms with van der Waals surface area (Å²) in [6, 6.07) is 4.57. The van der Waals surface area contributed by atoms with Gasteiger partial charge in [-0.25, -0.2) is 4.39 Å². The molecule has 0 aliphatic heterocycles. The molecule has 0 saturated heterocycles. The van der Waals surface area contributed by atoms with E-state index in [0.717, 1.165) is 6.42 Å². The van der Waals surface area contributed by atoms with E-state index in [0.29, 0.717) is 16.0 Å². The van der Waals surface area contributed by atoms with Crippen molar-refractivity contribution in [2.45, 2.75) is 25.4 Å². The number of aliphatic hydroxyl groups is 1. The van der Waals surface area contributed by atoms with E-state index in [9.17, 15) is 9.50 Å². The van der Waals surface area contributed by atoms with E-state index in [1.54, 1.807) is 6.07 Å². The van der Waals surface area contributed by atoms with Crippen LogP contribution in [0.1, 0.15) is 30.9 Å². The highest BCUT2D eigenvalue weighted by Gasteiger charge is 2.25. The molecule has 1 atom stereocenters. The van der Waals surface area contributed by atoms with Crippen molar-refractivity contribution in [1.29, 1.82) is 0 Å². The van der Waals surface area contributed by atoms with Crippen LogP contribution in [0, 0.1) is 11.7 Å². The van der Waals surface area contributed by atoms with Crippen LogP contribution < -0.4 is 0 Å². The summed E-state index contributed by atoms with van der Waals surface area (Å²) in [7, 11) is 0. The summed E-state index contributed by atoms with van der Waals surface area (Å²) >= 11 is 3.21. The van der Waals surface area contributed by atoms with Crippen LogP contribution in [-0.2, 0) is 0 Å². The summed E-state index contributed by atoms with van der Waals surface area (Å²) in [6.45, 7) is 0. The molecule has 0 spiro atoms. The summed E-state index contributed by atoms with van der Waals surface area (Å²) in [4.78, 5) is 0. The van der Waals surface area contributed by atoms with Gasteiger partial charge in [0.05, 0.1) is 6.10 Å². The van der Waals surface area contributed by atoms with E-state index in [-0.39, 0.29) is 5.82 Å². The molecule has 1 aromatic carbocycles. The molecule has 76 valence electrons. The van der Waals surface area contributed by atoms with Gasteiger partial charge in [0.1, 0.15) is 5.82 Å². The first-order valence-electron chi connectivity index (χ1n) is 4.79. The van der Waals surface area contributed by atoms with Crippen molar-refractivity contribution in [3.05, 3.63) is 34.1 Å². The predicted octanol–water partition coefficient (Wildman–Crippen LogP) is 3.42. The molecule has 1 aromatic rings. The van der Waals surface area contributed by atoms with E-state index in [1.165, 1.54) is 25.0 Å². The van der Waals surface area contributed by atoms with E-state index in [4.69, 9.17) is 0 Å². The lowest BCUT2D eigenvalue weighted by Crippen LogP contribution is -1.99. The maximum atomic E-state index is 13.0. The van der Waals surface area contributed by atoms with Crippen molar-refractivity contribution < 1.29 is 9.50 Å². The third-order valence-electron chi connectivity index (χ3n) is 2.52. The van der Waals surface area contributed by atoms with Crippen molar-refractivity contribution in [2.24, 2.45) is 5.92 Å². The van der Waals surface area contributed by atoms with Crippen molar-refractivity contribution in [2.75, 3.05) is 0 Å². The van der Waals surface area contributed by atoms with Crippen molar-refractivity contribution in [3.63, 3.8) is 0 Å². The molecule has 1 unspecified atom stereocenters. The number of benzene rings is 1. The van der Waals surface area contributed by atoms with Gasteiger partial charge in [-0.05, 0) is 36.1 Å².